The van der Waals surface area contributed by atoms with Gasteiger partial charge in [0.25, 0.3) is 0 Å². The van der Waals surface area contributed by atoms with Crippen LogP contribution in [0, 0.1) is 11.8 Å². The third kappa shape index (κ3) is 3.30. The van der Waals surface area contributed by atoms with Gasteiger partial charge in [0, 0.05) is 11.6 Å². The van der Waals surface area contributed by atoms with Crippen molar-refractivity contribution in [1.82, 2.24) is 0 Å². The van der Waals surface area contributed by atoms with E-state index >= 15 is 0 Å². The van der Waals surface area contributed by atoms with Crippen molar-refractivity contribution in [2.45, 2.75) is 18.9 Å². The molecule has 0 aliphatic carbocycles. The summed E-state index contributed by atoms with van der Waals surface area (Å²) in [6.45, 7) is 1.52. The molecule has 0 bridgehead atoms. The molecule has 2 rings (SSSR count). The largest absolute Gasteiger partial charge is 0.481 e. The number of ether oxygens (including phenoxy) is 1. The SMILES string of the molecule is COC(=O)C1C(C=O)N=C(C)C(C(=O)O)C1c1ccc(Cl)c(Cl)c1. The van der Waals surface area contributed by atoms with E-state index in [-0.39, 0.29) is 10.7 Å². The van der Waals surface area contributed by atoms with Crippen LogP contribution in [0.15, 0.2) is 23.2 Å². The van der Waals surface area contributed by atoms with Crippen LogP contribution in [0.2, 0.25) is 10.0 Å². The lowest BCUT2D eigenvalue weighted by atomic mass is 9.70. The number of aliphatic carboxylic acids is 1. The van der Waals surface area contributed by atoms with E-state index in [9.17, 15) is 19.5 Å². The normalized spacial score (nSPS) is 26.4. The molecule has 1 N–H and O–H groups in total. The number of esters is 1. The number of aliphatic imine (C=N–C) groups is 1. The zero-order chi connectivity index (χ0) is 18.0. The second kappa shape index (κ2) is 7.32. The second-order valence-corrected chi connectivity index (χ2v) is 6.28. The van der Waals surface area contributed by atoms with Crippen LogP contribution >= 0.6 is 23.2 Å². The van der Waals surface area contributed by atoms with Crippen LogP contribution in [-0.4, -0.2) is 42.2 Å². The van der Waals surface area contributed by atoms with Gasteiger partial charge in [0.05, 0.1) is 23.1 Å². The Kier molecular flexibility index (Phi) is 5.62. The first-order valence-electron chi connectivity index (χ1n) is 7.07. The summed E-state index contributed by atoms with van der Waals surface area (Å²) in [6, 6.07) is 3.59. The number of nitrogens with zero attached hydrogens (tertiary/aromatic N) is 1. The lowest BCUT2D eigenvalue weighted by molar-refractivity contribution is -0.150. The molecule has 6 nitrogen and oxygen atoms in total. The number of methoxy groups -OCH3 is 1. The molecule has 4 atom stereocenters. The van der Waals surface area contributed by atoms with Gasteiger partial charge in [-0.3, -0.25) is 14.6 Å². The zero-order valence-corrected chi connectivity index (χ0v) is 14.4. The Hall–Kier alpha value is -1.92. The lowest BCUT2D eigenvalue weighted by Gasteiger charge is -2.36. The molecule has 1 aromatic rings. The first-order chi connectivity index (χ1) is 11.3. The maximum absolute atomic E-state index is 12.2. The number of aldehydes is 1. The molecule has 1 aromatic carbocycles. The summed E-state index contributed by atoms with van der Waals surface area (Å²) in [5, 5.41) is 10.1. The van der Waals surface area contributed by atoms with E-state index in [1.165, 1.54) is 26.2 Å². The van der Waals surface area contributed by atoms with Gasteiger partial charge in [0.2, 0.25) is 0 Å². The highest BCUT2D eigenvalue weighted by Gasteiger charge is 2.48. The first kappa shape index (κ1) is 18.4. The second-order valence-electron chi connectivity index (χ2n) is 5.46. The molecule has 0 fully saturated rings. The maximum atomic E-state index is 12.2. The predicted octanol–water partition coefficient (Wildman–Crippen LogP) is 2.61. The van der Waals surface area contributed by atoms with Gasteiger partial charge in [-0.1, -0.05) is 29.3 Å². The van der Waals surface area contributed by atoms with Crippen molar-refractivity contribution >= 4 is 47.1 Å². The van der Waals surface area contributed by atoms with E-state index in [0.29, 0.717) is 16.9 Å². The highest BCUT2D eigenvalue weighted by Crippen LogP contribution is 2.41. The number of carbonyl (C=O) groups excluding carboxylic acids is 2. The van der Waals surface area contributed by atoms with Gasteiger partial charge < -0.3 is 14.6 Å². The minimum atomic E-state index is -1.15. The van der Waals surface area contributed by atoms with Crippen molar-refractivity contribution in [3.63, 3.8) is 0 Å². The van der Waals surface area contributed by atoms with Gasteiger partial charge in [-0.2, -0.15) is 0 Å². The summed E-state index contributed by atoms with van der Waals surface area (Å²) in [5.74, 6) is -4.84. The summed E-state index contributed by atoms with van der Waals surface area (Å²) < 4.78 is 4.77. The van der Waals surface area contributed by atoms with Crippen molar-refractivity contribution in [2.24, 2.45) is 16.8 Å². The number of carbonyl (C=O) groups is 3. The summed E-state index contributed by atoms with van der Waals surface area (Å²) in [6.07, 6.45) is 0.522. The molecule has 8 heteroatoms. The molecular formula is C16H15Cl2NO5. The van der Waals surface area contributed by atoms with Crippen molar-refractivity contribution < 1.29 is 24.2 Å². The summed E-state index contributed by atoms with van der Waals surface area (Å²) >= 11 is 11.9. The molecule has 24 heavy (non-hydrogen) atoms. The molecular weight excluding hydrogens is 357 g/mol. The molecule has 0 spiro atoms. The van der Waals surface area contributed by atoms with Gasteiger partial charge in [0.15, 0.2) is 0 Å². The molecule has 1 aliphatic heterocycles. The van der Waals surface area contributed by atoms with E-state index in [4.69, 9.17) is 27.9 Å². The van der Waals surface area contributed by atoms with E-state index in [1.807, 2.05) is 0 Å². The fourth-order valence-electron chi connectivity index (χ4n) is 3.06. The minimum absolute atomic E-state index is 0.227. The van der Waals surface area contributed by atoms with Gasteiger partial charge >= 0.3 is 11.9 Å². The highest BCUT2D eigenvalue weighted by molar-refractivity contribution is 6.42. The first-order valence-corrected chi connectivity index (χ1v) is 7.82. The van der Waals surface area contributed by atoms with Crippen LogP contribution in [0.5, 0.6) is 0 Å². The van der Waals surface area contributed by atoms with E-state index in [1.54, 1.807) is 6.07 Å². The van der Waals surface area contributed by atoms with Gasteiger partial charge in [-0.25, -0.2) is 0 Å². The van der Waals surface area contributed by atoms with Crippen LogP contribution in [-0.2, 0) is 19.1 Å². The van der Waals surface area contributed by atoms with Gasteiger partial charge in [-0.05, 0) is 24.6 Å². The molecule has 0 saturated heterocycles. The topological polar surface area (TPSA) is 93.0 Å². The fraction of sp³-hybridized carbons (Fsp3) is 0.375. The van der Waals surface area contributed by atoms with E-state index in [2.05, 4.69) is 4.99 Å². The molecule has 1 heterocycles. The average Bonchev–Trinajstić information content (AvgIpc) is 2.55. The lowest BCUT2D eigenvalue weighted by Crippen LogP contribution is -2.46. The van der Waals surface area contributed by atoms with Crippen LogP contribution in [0.1, 0.15) is 18.4 Å². The molecule has 4 unspecified atom stereocenters. The quantitative estimate of drug-likeness (QED) is 0.648. The fourth-order valence-corrected chi connectivity index (χ4v) is 3.37. The summed E-state index contributed by atoms with van der Waals surface area (Å²) in [7, 11) is 1.18. The van der Waals surface area contributed by atoms with Crippen LogP contribution < -0.4 is 0 Å². The summed E-state index contributed by atoms with van der Waals surface area (Å²) in [4.78, 5) is 39.5. The number of carboxylic acids is 1. The van der Waals surface area contributed by atoms with Crippen LogP contribution in [0.25, 0.3) is 0 Å². The average molecular weight is 372 g/mol. The highest BCUT2D eigenvalue weighted by atomic mass is 35.5. The van der Waals surface area contributed by atoms with E-state index in [0.717, 1.165) is 0 Å². The maximum Gasteiger partial charge on any atom is 0.312 e. The number of hydrogen-bond donors (Lipinski definition) is 1. The molecule has 0 saturated carbocycles. The number of benzene rings is 1. The van der Waals surface area contributed by atoms with Crippen molar-refractivity contribution in [1.29, 1.82) is 0 Å². The number of rotatable bonds is 4. The zero-order valence-electron chi connectivity index (χ0n) is 12.9. The third-order valence-electron chi connectivity index (χ3n) is 4.12. The Balaban J connectivity index is 2.67. The molecule has 0 radical (unpaired) electrons. The molecule has 128 valence electrons. The van der Waals surface area contributed by atoms with Crippen LogP contribution in [0.3, 0.4) is 0 Å². The van der Waals surface area contributed by atoms with E-state index < -0.39 is 35.7 Å². The van der Waals surface area contributed by atoms with Crippen molar-refractivity contribution in [2.75, 3.05) is 7.11 Å². The standard InChI is InChI=1S/C16H15Cl2NO5/c1-7-12(15(21)22)13(8-3-4-9(17)10(18)5-8)14(16(23)24-2)11(6-20)19-7/h3-6,11-14H,1-2H3,(H,21,22). The Labute approximate surface area is 148 Å². The van der Waals surface area contributed by atoms with Crippen molar-refractivity contribution in [3.8, 4) is 0 Å². The number of hydrogen-bond acceptors (Lipinski definition) is 5. The van der Waals surface area contributed by atoms with Gasteiger partial charge in [0.1, 0.15) is 18.2 Å². The molecule has 0 aromatic heterocycles. The smallest absolute Gasteiger partial charge is 0.312 e. The Morgan fingerprint density at radius 3 is 2.46 bits per heavy atom. The molecule has 0 amide bonds. The number of halogens is 2. The predicted molar refractivity (Wildman–Crippen MR) is 88.8 cm³/mol. The van der Waals surface area contributed by atoms with Gasteiger partial charge in [-0.15, -0.1) is 0 Å². The third-order valence-corrected chi connectivity index (χ3v) is 4.86. The summed E-state index contributed by atoms with van der Waals surface area (Å²) in [5.41, 5.74) is 0.740. The Morgan fingerprint density at radius 2 is 1.96 bits per heavy atom. The Bertz CT molecular complexity index is 718. The van der Waals surface area contributed by atoms with Crippen molar-refractivity contribution in [3.05, 3.63) is 33.8 Å². The Morgan fingerprint density at radius 1 is 1.29 bits per heavy atom. The number of carboxylic acid groups (broad SMARTS) is 1. The van der Waals surface area contributed by atoms with Crippen LogP contribution in [0.4, 0.5) is 0 Å². The molecule has 1 aliphatic rings. The minimum Gasteiger partial charge on any atom is -0.481 e. The monoisotopic (exact) mass is 371 g/mol.